The van der Waals surface area contributed by atoms with Crippen molar-refractivity contribution < 1.29 is 14.6 Å². The molecule has 2 fully saturated rings. The Hall–Kier alpha value is -0.520. The number of morpholine rings is 1. The lowest BCUT2D eigenvalue weighted by atomic mass is 10.0. The zero-order chi connectivity index (χ0) is 14.2. The quantitative estimate of drug-likeness (QED) is 0.910. The molecule has 2 saturated heterocycles. The van der Waals surface area contributed by atoms with Crippen LogP contribution in [0.4, 0.5) is 0 Å². The summed E-state index contributed by atoms with van der Waals surface area (Å²) in [6.07, 6.45) is 0.938. The van der Waals surface area contributed by atoms with E-state index in [2.05, 4.69) is 4.90 Å². The summed E-state index contributed by atoms with van der Waals surface area (Å²) in [5.41, 5.74) is 0.760. The van der Waals surface area contributed by atoms with E-state index in [1.54, 1.807) is 6.07 Å². The van der Waals surface area contributed by atoms with Gasteiger partial charge in [-0.05, 0) is 11.6 Å². The number of phenols is 1. The van der Waals surface area contributed by atoms with E-state index in [4.69, 9.17) is 32.7 Å². The summed E-state index contributed by atoms with van der Waals surface area (Å²) in [6, 6.07) is 3.22. The zero-order valence-corrected chi connectivity index (χ0v) is 12.6. The van der Waals surface area contributed by atoms with Gasteiger partial charge in [0.1, 0.15) is 11.4 Å². The molecule has 110 valence electrons. The third kappa shape index (κ3) is 2.90. The molecule has 3 rings (SSSR count). The average Bonchev–Trinajstić information content (AvgIpc) is 2.84. The van der Waals surface area contributed by atoms with Crippen molar-refractivity contribution in [2.45, 2.75) is 18.6 Å². The molecule has 2 aliphatic heterocycles. The topological polar surface area (TPSA) is 41.9 Å². The van der Waals surface area contributed by atoms with Crippen LogP contribution in [0.1, 0.15) is 12.0 Å². The van der Waals surface area contributed by atoms with E-state index in [-0.39, 0.29) is 11.4 Å². The van der Waals surface area contributed by atoms with Gasteiger partial charge in [0.05, 0.1) is 18.2 Å². The van der Waals surface area contributed by atoms with Crippen LogP contribution < -0.4 is 0 Å². The van der Waals surface area contributed by atoms with E-state index in [1.165, 1.54) is 6.07 Å². The van der Waals surface area contributed by atoms with Gasteiger partial charge in [0.15, 0.2) is 0 Å². The van der Waals surface area contributed by atoms with E-state index in [0.29, 0.717) is 29.8 Å². The van der Waals surface area contributed by atoms with E-state index < -0.39 is 0 Å². The van der Waals surface area contributed by atoms with Crippen molar-refractivity contribution in [3.8, 4) is 5.75 Å². The normalized spacial score (nSPS) is 27.3. The molecule has 1 aromatic carbocycles. The number of nitrogens with zero attached hydrogens (tertiary/aromatic N) is 1. The van der Waals surface area contributed by atoms with Gasteiger partial charge in [-0.1, -0.05) is 23.2 Å². The maximum absolute atomic E-state index is 9.53. The van der Waals surface area contributed by atoms with Gasteiger partial charge in [-0.3, -0.25) is 4.90 Å². The van der Waals surface area contributed by atoms with Gasteiger partial charge in [0.25, 0.3) is 0 Å². The lowest BCUT2D eigenvalue weighted by Gasteiger charge is -2.39. The molecule has 0 amide bonds. The standard InChI is InChI=1S/C14H17Cl2NO3/c15-11-6-13(18)12(16)5-10(11)7-17-2-4-20-14(8-17)1-3-19-9-14/h5-6,18H,1-4,7-9H2. The Balaban J connectivity index is 1.73. The van der Waals surface area contributed by atoms with Crippen molar-refractivity contribution in [3.63, 3.8) is 0 Å². The van der Waals surface area contributed by atoms with E-state index in [1.807, 2.05) is 0 Å². The highest BCUT2D eigenvalue weighted by molar-refractivity contribution is 6.34. The molecular formula is C14H17Cl2NO3. The molecule has 0 radical (unpaired) electrons. The first kappa shape index (κ1) is 14.4. The van der Waals surface area contributed by atoms with Crippen LogP contribution >= 0.6 is 23.2 Å². The first-order valence-electron chi connectivity index (χ1n) is 6.69. The number of aromatic hydroxyl groups is 1. The summed E-state index contributed by atoms with van der Waals surface area (Å²) in [6.45, 7) is 4.52. The SMILES string of the molecule is Oc1cc(Cl)c(CN2CCOC3(CCOC3)C2)cc1Cl. The van der Waals surface area contributed by atoms with E-state index >= 15 is 0 Å². The van der Waals surface area contributed by atoms with Gasteiger partial charge < -0.3 is 14.6 Å². The second-order valence-corrected chi connectivity index (χ2v) is 6.25. The van der Waals surface area contributed by atoms with Gasteiger partial charge in [-0.15, -0.1) is 0 Å². The van der Waals surface area contributed by atoms with Gasteiger partial charge in [0.2, 0.25) is 0 Å². The van der Waals surface area contributed by atoms with Gasteiger partial charge in [-0.25, -0.2) is 0 Å². The van der Waals surface area contributed by atoms with Crippen LogP contribution in [0.2, 0.25) is 10.0 Å². The van der Waals surface area contributed by atoms with Gasteiger partial charge in [-0.2, -0.15) is 0 Å². The highest BCUT2D eigenvalue weighted by Gasteiger charge is 2.40. The predicted octanol–water partition coefficient (Wildman–Crippen LogP) is 2.69. The highest BCUT2D eigenvalue weighted by atomic mass is 35.5. The molecule has 2 aliphatic rings. The third-order valence-electron chi connectivity index (χ3n) is 3.90. The summed E-state index contributed by atoms with van der Waals surface area (Å²) in [4.78, 5) is 2.30. The number of hydrogen-bond donors (Lipinski definition) is 1. The van der Waals surface area contributed by atoms with Crippen LogP contribution in [0.15, 0.2) is 12.1 Å². The lowest BCUT2D eigenvalue weighted by molar-refractivity contribution is -0.111. The Labute approximate surface area is 128 Å². The minimum Gasteiger partial charge on any atom is -0.506 e. The smallest absolute Gasteiger partial charge is 0.135 e. The fraction of sp³-hybridized carbons (Fsp3) is 0.571. The molecule has 2 heterocycles. The number of benzene rings is 1. The molecule has 0 saturated carbocycles. The molecule has 1 unspecified atom stereocenters. The van der Waals surface area contributed by atoms with Gasteiger partial charge >= 0.3 is 0 Å². The van der Waals surface area contributed by atoms with Crippen molar-refractivity contribution in [2.24, 2.45) is 0 Å². The molecule has 1 spiro atoms. The summed E-state index contributed by atoms with van der Waals surface area (Å²) in [5.74, 6) is 0.0167. The predicted molar refractivity (Wildman–Crippen MR) is 77.5 cm³/mol. The zero-order valence-electron chi connectivity index (χ0n) is 11.1. The van der Waals surface area contributed by atoms with Crippen molar-refractivity contribution in [3.05, 3.63) is 27.7 Å². The molecule has 4 nitrogen and oxygen atoms in total. The van der Waals surface area contributed by atoms with Crippen LogP contribution in [-0.4, -0.2) is 48.5 Å². The first-order valence-corrected chi connectivity index (χ1v) is 7.45. The minimum absolute atomic E-state index is 0.0167. The van der Waals surface area contributed by atoms with E-state index in [0.717, 1.165) is 31.7 Å². The molecule has 0 aromatic heterocycles. The number of ether oxygens (including phenoxy) is 2. The molecule has 1 atom stereocenters. The third-order valence-corrected chi connectivity index (χ3v) is 4.56. The average molecular weight is 318 g/mol. The van der Waals surface area contributed by atoms with Crippen molar-refractivity contribution in [2.75, 3.05) is 32.9 Å². The van der Waals surface area contributed by atoms with Crippen molar-refractivity contribution in [1.29, 1.82) is 0 Å². The fourth-order valence-corrected chi connectivity index (χ4v) is 3.23. The molecular weight excluding hydrogens is 301 g/mol. The second kappa shape index (κ2) is 5.70. The van der Waals surface area contributed by atoms with Crippen LogP contribution in [0.3, 0.4) is 0 Å². The largest absolute Gasteiger partial charge is 0.506 e. The highest BCUT2D eigenvalue weighted by Crippen LogP contribution is 2.32. The summed E-state index contributed by atoms with van der Waals surface area (Å²) in [5, 5.41) is 10.4. The molecule has 1 N–H and O–H groups in total. The van der Waals surface area contributed by atoms with Crippen molar-refractivity contribution in [1.82, 2.24) is 4.90 Å². The maximum Gasteiger partial charge on any atom is 0.135 e. The van der Waals surface area contributed by atoms with E-state index in [9.17, 15) is 5.11 Å². The van der Waals surface area contributed by atoms with Gasteiger partial charge in [0, 0.05) is 43.8 Å². The molecule has 1 aromatic rings. The van der Waals surface area contributed by atoms with Crippen LogP contribution in [0, 0.1) is 0 Å². The molecule has 20 heavy (non-hydrogen) atoms. The summed E-state index contributed by atoms with van der Waals surface area (Å²) in [7, 11) is 0. The Morgan fingerprint density at radius 1 is 1.25 bits per heavy atom. The molecule has 6 heteroatoms. The second-order valence-electron chi connectivity index (χ2n) is 5.44. The first-order chi connectivity index (χ1) is 9.58. The van der Waals surface area contributed by atoms with Crippen LogP contribution in [0.25, 0.3) is 0 Å². The monoisotopic (exact) mass is 317 g/mol. The summed E-state index contributed by atoms with van der Waals surface area (Å²) >= 11 is 12.1. The van der Waals surface area contributed by atoms with Crippen molar-refractivity contribution >= 4 is 23.2 Å². The fourth-order valence-electron chi connectivity index (χ4n) is 2.83. The number of halogens is 2. The Kier molecular flexibility index (Phi) is 4.11. The van der Waals surface area contributed by atoms with Crippen LogP contribution in [0.5, 0.6) is 5.75 Å². The van der Waals surface area contributed by atoms with Crippen LogP contribution in [-0.2, 0) is 16.0 Å². The minimum atomic E-state index is -0.161. The number of phenolic OH excluding ortho intramolecular Hbond substituents is 1. The lowest BCUT2D eigenvalue weighted by Crippen LogP contribution is -2.51. The molecule has 0 bridgehead atoms. The number of hydrogen-bond acceptors (Lipinski definition) is 4. The summed E-state index contributed by atoms with van der Waals surface area (Å²) < 4.78 is 11.4. The Morgan fingerprint density at radius 3 is 2.85 bits per heavy atom. The Morgan fingerprint density at radius 2 is 2.10 bits per heavy atom. The Bertz CT molecular complexity index is 503. The maximum atomic E-state index is 9.53. The number of rotatable bonds is 2. The molecule has 0 aliphatic carbocycles.